The molecule has 0 aliphatic heterocycles. The van der Waals surface area contributed by atoms with Crippen LogP contribution in [-0.4, -0.2) is 29.3 Å². The van der Waals surface area contributed by atoms with Crippen molar-refractivity contribution < 1.29 is 9.59 Å². The fourth-order valence-electron chi connectivity index (χ4n) is 3.68. The smallest absolute Gasteiger partial charge is 0.254 e. The molecule has 4 heteroatoms. The molecule has 0 heterocycles. The molecule has 1 saturated carbocycles. The summed E-state index contributed by atoms with van der Waals surface area (Å²) in [7, 11) is 0. The highest BCUT2D eigenvalue weighted by Gasteiger charge is 2.24. The highest BCUT2D eigenvalue weighted by Crippen LogP contribution is 2.26. The van der Waals surface area contributed by atoms with Gasteiger partial charge in [-0.15, -0.1) is 0 Å². The zero-order valence-corrected chi connectivity index (χ0v) is 18.1. The average molecular weight is 413 g/mol. The van der Waals surface area contributed by atoms with E-state index < -0.39 is 0 Å². The molecule has 1 fully saturated rings. The molecule has 0 atom stereocenters. The van der Waals surface area contributed by atoms with E-state index >= 15 is 0 Å². The molecule has 0 radical (unpaired) electrons. The topological polar surface area (TPSA) is 49.4 Å². The van der Waals surface area contributed by atoms with Crippen LogP contribution in [0, 0.1) is 6.92 Å². The first-order chi connectivity index (χ1) is 15.0. The molecule has 2 amide bonds. The van der Waals surface area contributed by atoms with Gasteiger partial charge in [0.15, 0.2) is 0 Å². The van der Waals surface area contributed by atoms with Crippen molar-refractivity contribution in [2.75, 3.05) is 6.54 Å². The van der Waals surface area contributed by atoms with E-state index in [0.29, 0.717) is 30.3 Å². The minimum atomic E-state index is -0.0185. The van der Waals surface area contributed by atoms with E-state index in [2.05, 4.69) is 5.32 Å². The molecule has 3 aromatic rings. The standard InChI is InChI=1S/C27H28N2O2/c1-3-29(18-20-7-5-4-6-8-20)27(31)22-13-11-21(12-14-22)25-17-23(10-9-19(25)2)26(30)28-24-15-16-24/h4-14,17,24H,3,15-16,18H2,1-2H3,(H,28,30). The largest absolute Gasteiger partial charge is 0.349 e. The Morgan fingerprint density at radius 1 is 0.935 bits per heavy atom. The highest BCUT2D eigenvalue weighted by atomic mass is 16.2. The predicted octanol–water partition coefficient (Wildman–Crippen LogP) is 5.22. The number of nitrogens with one attached hydrogen (secondary N) is 1. The minimum Gasteiger partial charge on any atom is -0.349 e. The lowest BCUT2D eigenvalue weighted by molar-refractivity contribution is 0.0752. The summed E-state index contributed by atoms with van der Waals surface area (Å²) in [4.78, 5) is 27.3. The normalized spacial score (nSPS) is 13.0. The third kappa shape index (κ3) is 5.02. The van der Waals surface area contributed by atoms with E-state index in [0.717, 1.165) is 35.1 Å². The van der Waals surface area contributed by atoms with Gasteiger partial charge in [0.2, 0.25) is 0 Å². The molecule has 0 unspecified atom stereocenters. The van der Waals surface area contributed by atoms with E-state index in [1.54, 1.807) is 0 Å². The Morgan fingerprint density at radius 3 is 2.26 bits per heavy atom. The summed E-state index contributed by atoms with van der Waals surface area (Å²) in [5.74, 6) is 0.00207. The van der Waals surface area contributed by atoms with Crippen LogP contribution in [0.1, 0.15) is 51.6 Å². The number of hydrogen-bond acceptors (Lipinski definition) is 2. The van der Waals surface area contributed by atoms with E-state index in [9.17, 15) is 9.59 Å². The van der Waals surface area contributed by atoms with Crippen LogP contribution in [0.15, 0.2) is 72.8 Å². The Bertz CT molecular complexity index is 1070. The van der Waals surface area contributed by atoms with Crippen LogP contribution in [0.3, 0.4) is 0 Å². The lowest BCUT2D eigenvalue weighted by atomic mass is 9.96. The van der Waals surface area contributed by atoms with Crippen molar-refractivity contribution in [2.24, 2.45) is 0 Å². The zero-order valence-electron chi connectivity index (χ0n) is 18.1. The van der Waals surface area contributed by atoms with Crippen molar-refractivity contribution in [1.29, 1.82) is 0 Å². The van der Waals surface area contributed by atoms with Gasteiger partial charge in [0.25, 0.3) is 11.8 Å². The van der Waals surface area contributed by atoms with Gasteiger partial charge in [-0.1, -0.05) is 48.5 Å². The Kier molecular flexibility index (Phi) is 6.17. The molecule has 0 bridgehead atoms. The Hall–Kier alpha value is -3.40. The Morgan fingerprint density at radius 2 is 1.61 bits per heavy atom. The van der Waals surface area contributed by atoms with E-state index in [1.807, 2.05) is 91.5 Å². The van der Waals surface area contributed by atoms with Gasteiger partial charge in [0, 0.05) is 30.3 Å². The van der Waals surface area contributed by atoms with Crippen LogP contribution >= 0.6 is 0 Å². The molecule has 0 aromatic heterocycles. The van der Waals surface area contributed by atoms with Crippen LogP contribution in [0.2, 0.25) is 0 Å². The summed E-state index contributed by atoms with van der Waals surface area (Å²) >= 11 is 0. The number of hydrogen-bond donors (Lipinski definition) is 1. The number of carbonyl (C=O) groups excluding carboxylic acids is 2. The van der Waals surface area contributed by atoms with Gasteiger partial charge in [-0.25, -0.2) is 0 Å². The lowest BCUT2D eigenvalue weighted by Crippen LogP contribution is -2.30. The van der Waals surface area contributed by atoms with Crippen LogP contribution in [0.4, 0.5) is 0 Å². The molecule has 4 rings (SSSR count). The SMILES string of the molecule is CCN(Cc1ccccc1)C(=O)c1ccc(-c2cc(C(=O)NC3CC3)ccc2C)cc1. The zero-order chi connectivity index (χ0) is 21.8. The van der Waals surface area contributed by atoms with Gasteiger partial charge in [-0.3, -0.25) is 9.59 Å². The van der Waals surface area contributed by atoms with E-state index in [1.165, 1.54) is 0 Å². The first kappa shape index (κ1) is 20.9. The number of nitrogens with zero attached hydrogens (tertiary/aromatic N) is 1. The van der Waals surface area contributed by atoms with Gasteiger partial charge in [-0.2, -0.15) is 0 Å². The number of aryl methyl sites for hydroxylation is 1. The van der Waals surface area contributed by atoms with Crippen LogP contribution in [0.5, 0.6) is 0 Å². The fourth-order valence-corrected chi connectivity index (χ4v) is 3.68. The molecule has 158 valence electrons. The summed E-state index contributed by atoms with van der Waals surface area (Å²) in [6.07, 6.45) is 2.14. The average Bonchev–Trinajstić information content (AvgIpc) is 3.62. The molecule has 31 heavy (non-hydrogen) atoms. The second-order valence-corrected chi connectivity index (χ2v) is 8.16. The first-order valence-corrected chi connectivity index (χ1v) is 10.9. The molecule has 1 N–H and O–H groups in total. The first-order valence-electron chi connectivity index (χ1n) is 10.9. The predicted molar refractivity (Wildman–Crippen MR) is 124 cm³/mol. The van der Waals surface area contributed by atoms with Crippen molar-refractivity contribution in [3.8, 4) is 11.1 Å². The molecule has 1 aliphatic rings. The van der Waals surface area contributed by atoms with Crippen LogP contribution in [0.25, 0.3) is 11.1 Å². The number of rotatable bonds is 7. The van der Waals surface area contributed by atoms with Gasteiger partial charge >= 0.3 is 0 Å². The van der Waals surface area contributed by atoms with Crippen molar-refractivity contribution in [2.45, 2.75) is 39.3 Å². The van der Waals surface area contributed by atoms with Gasteiger partial charge in [-0.05, 0) is 73.2 Å². The molecule has 0 spiro atoms. The second-order valence-electron chi connectivity index (χ2n) is 8.16. The summed E-state index contributed by atoms with van der Waals surface area (Å²) in [5, 5.41) is 3.04. The minimum absolute atomic E-state index is 0.0185. The third-order valence-corrected chi connectivity index (χ3v) is 5.74. The molecule has 0 saturated heterocycles. The third-order valence-electron chi connectivity index (χ3n) is 5.74. The second kappa shape index (κ2) is 9.17. The molecule has 4 nitrogen and oxygen atoms in total. The highest BCUT2D eigenvalue weighted by molar-refractivity contribution is 5.97. The molecule has 3 aromatic carbocycles. The quantitative estimate of drug-likeness (QED) is 0.579. The van der Waals surface area contributed by atoms with Crippen molar-refractivity contribution in [3.63, 3.8) is 0 Å². The monoisotopic (exact) mass is 412 g/mol. The summed E-state index contributed by atoms with van der Waals surface area (Å²) in [6.45, 7) is 5.27. The van der Waals surface area contributed by atoms with E-state index in [4.69, 9.17) is 0 Å². The maximum absolute atomic E-state index is 13.0. The summed E-state index contributed by atoms with van der Waals surface area (Å²) in [6, 6.07) is 23.8. The number of amides is 2. The molecular weight excluding hydrogens is 384 g/mol. The number of benzene rings is 3. The lowest BCUT2D eigenvalue weighted by Gasteiger charge is -2.21. The molecule has 1 aliphatic carbocycles. The van der Waals surface area contributed by atoms with Gasteiger partial charge in [0.1, 0.15) is 0 Å². The summed E-state index contributed by atoms with van der Waals surface area (Å²) in [5.41, 5.74) is 5.57. The van der Waals surface area contributed by atoms with Gasteiger partial charge < -0.3 is 10.2 Å². The van der Waals surface area contributed by atoms with Crippen molar-refractivity contribution in [1.82, 2.24) is 10.2 Å². The summed E-state index contributed by atoms with van der Waals surface area (Å²) < 4.78 is 0. The number of carbonyl (C=O) groups is 2. The van der Waals surface area contributed by atoms with Crippen molar-refractivity contribution >= 4 is 11.8 Å². The maximum Gasteiger partial charge on any atom is 0.254 e. The Labute approximate surface area is 183 Å². The Balaban J connectivity index is 1.52. The van der Waals surface area contributed by atoms with Crippen LogP contribution < -0.4 is 5.32 Å². The maximum atomic E-state index is 13.0. The van der Waals surface area contributed by atoms with Crippen molar-refractivity contribution in [3.05, 3.63) is 95.1 Å². The van der Waals surface area contributed by atoms with Gasteiger partial charge in [0.05, 0.1) is 0 Å². The molecular formula is C27H28N2O2. The fraction of sp³-hybridized carbons (Fsp3) is 0.259. The van der Waals surface area contributed by atoms with Crippen LogP contribution in [-0.2, 0) is 6.54 Å². The van der Waals surface area contributed by atoms with E-state index in [-0.39, 0.29) is 11.8 Å².